The fourth-order valence-electron chi connectivity index (χ4n) is 3.93. The van der Waals surface area contributed by atoms with Crippen molar-refractivity contribution < 1.29 is 22.7 Å². The van der Waals surface area contributed by atoms with Crippen LogP contribution in [0.4, 0.5) is 5.69 Å². The molecule has 1 aliphatic heterocycles. The second-order valence-corrected chi connectivity index (χ2v) is 9.50. The van der Waals surface area contributed by atoms with Gasteiger partial charge in [-0.25, -0.2) is 8.42 Å². The van der Waals surface area contributed by atoms with Crippen molar-refractivity contribution in [3.63, 3.8) is 0 Å². The van der Waals surface area contributed by atoms with E-state index in [1.807, 2.05) is 6.92 Å². The second-order valence-electron chi connectivity index (χ2n) is 7.61. The van der Waals surface area contributed by atoms with Crippen molar-refractivity contribution in [3.05, 3.63) is 48.0 Å². The van der Waals surface area contributed by atoms with E-state index in [2.05, 4.69) is 5.32 Å². The first-order chi connectivity index (χ1) is 14.9. The maximum Gasteiger partial charge on any atom is 0.243 e. The van der Waals surface area contributed by atoms with Crippen LogP contribution in [0, 0.1) is 0 Å². The highest BCUT2D eigenvalue weighted by atomic mass is 32.2. The summed E-state index contributed by atoms with van der Waals surface area (Å²) in [5, 5.41) is 2.82. The number of rotatable bonds is 8. The molecule has 1 saturated heterocycles. The Hall–Kier alpha value is -2.58. The zero-order valence-corrected chi connectivity index (χ0v) is 19.1. The first-order valence-corrected chi connectivity index (χ1v) is 12.0. The maximum absolute atomic E-state index is 13.1. The van der Waals surface area contributed by atoms with Crippen LogP contribution < -0.4 is 14.8 Å². The quantitative estimate of drug-likeness (QED) is 0.666. The number of methoxy groups -OCH3 is 2. The lowest BCUT2D eigenvalue weighted by atomic mass is 10.0. The molecule has 1 N–H and O–H groups in total. The summed E-state index contributed by atoms with van der Waals surface area (Å²) in [4.78, 5) is 12.7. The van der Waals surface area contributed by atoms with Crippen LogP contribution in [0.3, 0.4) is 0 Å². The van der Waals surface area contributed by atoms with Crippen molar-refractivity contribution in [1.82, 2.24) is 4.31 Å². The van der Waals surface area contributed by atoms with Crippen LogP contribution >= 0.6 is 0 Å². The van der Waals surface area contributed by atoms with Crippen LogP contribution in [-0.2, 0) is 21.2 Å². The van der Waals surface area contributed by atoms with E-state index in [4.69, 9.17) is 9.47 Å². The molecule has 7 nitrogen and oxygen atoms in total. The van der Waals surface area contributed by atoms with Gasteiger partial charge in [0.15, 0.2) is 11.5 Å². The molecular weight excluding hydrogens is 416 g/mol. The van der Waals surface area contributed by atoms with Gasteiger partial charge in [-0.2, -0.15) is 4.31 Å². The molecule has 0 aromatic heterocycles. The van der Waals surface area contributed by atoms with Gasteiger partial charge >= 0.3 is 0 Å². The number of sulfonamides is 1. The Bertz CT molecular complexity index is 1010. The Balaban J connectivity index is 1.67. The summed E-state index contributed by atoms with van der Waals surface area (Å²) in [5.41, 5.74) is 1.33. The molecule has 0 saturated carbocycles. The van der Waals surface area contributed by atoms with Crippen LogP contribution in [0.5, 0.6) is 11.5 Å². The standard InChI is InChI=1S/C23H30N2O5S/c1-4-19-7-5-6-14-25(19)31(27,28)20-11-9-18(10-12-20)24-23(26)16-17-8-13-21(29-2)22(15-17)30-3/h8-13,15,19H,4-7,14,16H2,1-3H3,(H,24,26). The molecule has 2 aromatic carbocycles. The zero-order valence-electron chi connectivity index (χ0n) is 18.3. The topological polar surface area (TPSA) is 84.9 Å². The minimum Gasteiger partial charge on any atom is -0.493 e. The minimum absolute atomic E-state index is 0.0552. The fraction of sp³-hybridized carbons (Fsp3) is 0.435. The van der Waals surface area contributed by atoms with Gasteiger partial charge in [0, 0.05) is 18.3 Å². The molecule has 1 heterocycles. The summed E-state index contributed by atoms with van der Waals surface area (Å²) in [7, 11) is -0.434. The molecule has 2 aromatic rings. The van der Waals surface area contributed by atoms with Gasteiger partial charge in [-0.05, 0) is 61.2 Å². The molecule has 0 aliphatic carbocycles. The Labute approximate surface area is 184 Å². The van der Waals surface area contributed by atoms with E-state index in [1.54, 1.807) is 61.0 Å². The number of benzene rings is 2. The van der Waals surface area contributed by atoms with E-state index in [1.165, 1.54) is 0 Å². The van der Waals surface area contributed by atoms with E-state index < -0.39 is 10.0 Å². The molecule has 1 unspecified atom stereocenters. The molecule has 1 fully saturated rings. The lowest BCUT2D eigenvalue weighted by molar-refractivity contribution is -0.115. The van der Waals surface area contributed by atoms with Gasteiger partial charge in [0.25, 0.3) is 0 Å². The number of nitrogens with one attached hydrogen (secondary N) is 1. The number of hydrogen-bond acceptors (Lipinski definition) is 5. The third kappa shape index (κ3) is 5.37. The number of anilines is 1. The highest BCUT2D eigenvalue weighted by molar-refractivity contribution is 7.89. The van der Waals surface area contributed by atoms with Crippen LogP contribution in [0.25, 0.3) is 0 Å². The Morgan fingerprint density at radius 2 is 1.77 bits per heavy atom. The number of carbonyl (C=O) groups is 1. The molecule has 3 rings (SSSR count). The third-order valence-electron chi connectivity index (χ3n) is 5.60. The first-order valence-electron chi connectivity index (χ1n) is 10.5. The average molecular weight is 447 g/mol. The summed E-state index contributed by atoms with van der Waals surface area (Å²) >= 11 is 0. The van der Waals surface area contributed by atoms with Crippen molar-refractivity contribution in [2.45, 2.75) is 50.0 Å². The number of amides is 1. The summed E-state index contributed by atoms with van der Waals surface area (Å²) in [6.07, 6.45) is 3.82. The van der Waals surface area contributed by atoms with E-state index in [9.17, 15) is 13.2 Å². The van der Waals surface area contributed by atoms with Crippen molar-refractivity contribution >= 4 is 21.6 Å². The van der Waals surface area contributed by atoms with Gasteiger partial charge in [0.1, 0.15) is 0 Å². The molecule has 1 atom stereocenters. The zero-order chi connectivity index (χ0) is 22.4. The summed E-state index contributed by atoms with van der Waals surface area (Å²) < 4.78 is 38.2. The molecule has 0 spiro atoms. The third-order valence-corrected chi connectivity index (χ3v) is 7.57. The van der Waals surface area contributed by atoms with Gasteiger partial charge in [0.2, 0.25) is 15.9 Å². The van der Waals surface area contributed by atoms with Gasteiger partial charge in [-0.15, -0.1) is 0 Å². The lowest BCUT2D eigenvalue weighted by Gasteiger charge is -2.34. The summed E-state index contributed by atoms with van der Waals surface area (Å²) in [6, 6.07) is 11.8. The highest BCUT2D eigenvalue weighted by Gasteiger charge is 2.32. The van der Waals surface area contributed by atoms with Crippen LogP contribution in [0.1, 0.15) is 38.2 Å². The molecule has 0 radical (unpaired) electrons. The van der Waals surface area contributed by atoms with Gasteiger partial charge in [-0.3, -0.25) is 4.79 Å². The summed E-state index contributed by atoms with van der Waals surface area (Å²) in [6.45, 7) is 2.58. The molecule has 31 heavy (non-hydrogen) atoms. The molecule has 168 valence electrons. The number of carbonyl (C=O) groups excluding carboxylic acids is 1. The van der Waals surface area contributed by atoms with E-state index >= 15 is 0 Å². The van der Waals surface area contributed by atoms with Crippen molar-refractivity contribution in [2.75, 3.05) is 26.1 Å². The molecule has 1 amide bonds. The molecular formula is C23H30N2O5S. The predicted molar refractivity (Wildman–Crippen MR) is 120 cm³/mol. The van der Waals surface area contributed by atoms with E-state index in [-0.39, 0.29) is 23.3 Å². The largest absolute Gasteiger partial charge is 0.493 e. The first kappa shape index (κ1) is 23.1. The van der Waals surface area contributed by atoms with Crippen LogP contribution in [0.2, 0.25) is 0 Å². The maximum atomic E-state index is 13.1. The van der Waals surface area contributed by atoms with Crippen LogP contribution in [-0.4, -0.2) is 45.4 Å². The number of nitrogens with zero attached hydrogens (tertiary/aromatic N) is 1. The minimum atomic E-state index is -3.54. The van der Waals surface area contributed by atoms with Crippen LogP contribution in [0.15, 0.2) is 47.4 Å². The summed E-state index contributed by atoms with van der Waals surface area (Å²) in [5.74, 6) is 0.956. The monoisotopic (exact) mass is 446 g/mol. The van der Waals surface area contributed by atoms with Crippen molar-refractivity contribution in [2.24, 2.45) is 0 Å². The molecule has 8 heteroatoms. The number of hydrogen-bond donors (Lipinski definition) is 1. The molecule has 0 bridgehead atoms. The number of piperidine rings is 1. The van der Waals surface area contributed by atoms with Crippen molar-refractivity contribution in [3.8, 4) is 11.5 Å². The second kappa shape index (κ2) is 10.2. The average Bonchev–Trinajstić information content (AvgIpc) is 2.79. The Morgan fingerprint density at radius 3 is 2.42 bits per heavy atom. The Morgan fingerprint density at radius 1 is 1.06 bits per heavy atom. The lowest BCUT2D eigenvalue weighted by Crippen LogP contribution is -2.43. The van der Waals surface area contributed by atoms with Crippen molar-refractivity contribution in [1.29, 1.82) is 0 Å². The highest BCUT2D eigenvalue weighted by Crippen LogP contribution is 2.29. The van der Waals surface area contributed by atoms with Gasteiger partial charge < -0.3 is 14.8 Å². The number of ether oxygens (including phenoxy) is 2. The predicted octanol–water partition coefficient (Wildman–Crippen LogP) is 3.84. The molecule has 1 aliphatic rings. The van der Waals surface area contributed by atoms with E-state index in [0.717, 1.165) is 31.2 Å². The smallest absolute Gasteiger partial charge is 0.243 e. The Kier molecular flexibility index (Phi) is 7.56. The fourth-order valence-corrected chi connectivity index (χ4v) is 5.69. The van der Waals surface area contributed by atoms with E-state index in [0.29, 0.717) is 23.7 Å². The normalized spacial score (nSPS) is 17.2. The van der Waals surface area contributed by atoms with Gasteiger partial charge in [-0.1, -0.05) is 19.4 Å². The SMILES string of the molecule is CCC1CCCCN1S(=O)(=O)c1ccc(NC(=O)Cc2ccc(OC)c(OC)c2)cc1. The van der Waals surface area contributed by atoms with Gasteiger partial charge in [0.05, 0.1) is 25.5 Å².